The van der Waals surface area contributed by atoms with Gasteiger partial charge in [0, 0.05) is 52.4 Å². The lowest BCUT2D eigenvalue weighted by Gasteiger charge is -2.36. The number of rotatable bonds is 2. The number of likely N-dealkylation sites (N-methyl/N-ethyl adjacent to an activating group) is 1. The third-order valence-electron chi connectivity index (χ3n) is 4.10. The molecule has 0 atom stereocenters. The average molecular weight is 344 g/mol. The van der Waals surface area contributed by atoms with Crippen molar-refractivity contribution in [1.29, 1.82) is 0 Å². The summed E-state index contributed by atoms with van der Waals surface area (Å²) in [6, 6.07) is 0. The summed E-state index contributed by atoms with van der Waals surface area (Å²) in [6.45, 7) is 25.2. The maximum Gasteiger partial charge on any atom is 0.0594 e. The van der Waals surface area contributed by atoms with E-state index in [1.807, 2.05) is 0 Å². The molecule has 2 fully saturated rings. The molecule has 0 aromatic carbocycles. The van der Waals surface area contributed by atoms with Crippen molar-refractivity contribution < 1.29 is 4.74 Å². The molecule has 2 heterocycles. The minimum Gasteiger partial charge on any atom is -0.379 e. The molecule has 2 rings (SSSR count). The molecule has 146 valence electrons. The minimum absolute atomic E-state index is 0. The Hall–Kier alpha value is -0.160. The second-order valence-electron chi connectivity index (χ2n) is 9.59. The Morgan fingerprint density at radius 2 is 1.04 bits per heavy atom. The zero-order valence-corrected chi connectivity index (χ0v) is 16.8. The van der Waals surface area contributed by atoms with Crippen LogP contribution >= 0.6 is 0 Å². The molecule has 0 aromatic rings. The van der Waals surface area contributed by atoms with Crippen LogP contribution in [-0.2, 0) is 4.74 Å². The van der Waals surface area contributed by atoms with Crippen LogP contribution in [0.2, 0.25) is 0 Å². The maximum absolute atomic E-state index is 5.27. The van der Waals surface area contributed by atoms with E-state index in [0.29, 0.717) is 10.8 Å². The van der Waals surface area contributed by atoms with Crippen LogP contribution in [-0.4, -0.2) is 87.3 Å². The van der Waals surface area contributed by atoms with Crippen molar-refractivity contribution in [1.82, 2.24) is 14.7 Å². The highest BCUT2D eigenvalue weighted by Gasteiger charge is 2.19. The summed E-state index contributed by atoms with van der Waals surface area (Å²) in [5.41, 5.74) is 0.882. The molecule has 2 saturated heterocycles. The zero-order valence-electron chi connectivity index (χ0n) is 16.8. The molecule has 0 N–H and O–H groups in total. The molecule has 0 aromatic heterocycles. The Balaban J connectivity index is 0.000000425. The Labute approximate surface area is 152 Å². The fourth-order valence-corrected chi connectivity index (χ4v) is 3.11. The SMILES string of the molecule is C.CC(C)(C)CN1CCOCC1.CN1CCN(CC(C)(C)C)CC1. The third-order valence-corrected chi connectivity index (χ3v) is 4.10. The number of hydrogen-bond acceptors (Lipinski definition) is 4. The smallest absolute Gasteiger partial charge is 0.0594 e. The normalized spacial score (nSPS) is 21.6. The lowest BCUT2D eigenvalue weighted by Crippen LogP contribution is -2.47. The highest BCUT2D eigenvalue weighted by molar-refractivity contribution is 4.74. The molecule has 0 spiro atoms. The van der Waals surface area contributed by atoms with Crippen LogP contribution in [0.1, 0.15) is 49.0 Å². The van der Waals surface area contributed by atoms with E-state index in [1.165, 1.54) is 39.3 Å². The van der Waals surface area contributed by atoms with E-state index in [9.17, 15) is 0 Å². The van der Waals surface area contributed by atoms with Gasteiger partial charge >= 0.3 is 0 Å². The standard InChI is InChI=1S/C10H22N2.C9H19NO.CH4/c1-10(2,3)9-12-7-5-11(4)6-8-12;1-9(2,3)8-10-4-6-11-7-5-10;/h5-9H2,1-4H3;4-8H2,1-3H3;1H4. The summed E-state index contributed by atoms with van der Waals surface area (Å²) in [7, 11) is 2.20. The molecular weight excluding hydrogens is 298 g/mol. The number of nitrogens with zero attached hydrogens (tertiary/aromatic N) is 3. The fourth-order valence-electron chi connectivity index (χ4n) is 3.11. The molecule has 4 nitrogen and oxygen atoms in total. The maximum atomic E-state index is 5.27. The predicted octanol–water partition coefficient (Wildman–Crippen LogP) is 3.28. The van der Waals surface area contributed by atoms with Crippen LogP contribution in [0.15, 0.2) is 0 Å². The van der Waals surface area contributed by atoms with Crippen molar-refractivity contribution in [2.75, 3.05) is 72.6 Å². The first-order valence-electron chi connectivity index (χ1n) is 9.26. The van der Waals surface area contributed by atoms with E-state index >= 15 is 0 Å². The molecule has 0 bridgehead atoms. The molecule has 2 aliphatic heterocycles. The van der Waals surface area contributed by atoms with E-state index in [4.69, 9.17) is 4.74 Å². The summed E-state index contributed by atoms with van der Waals surface area (Å²) in [5, 5.41) is 0. The number of ether oxygens (including phenoxy) is 1. The van der Waals surface area contributed by atoms with Gasteiger partial charge in [-0.3, -0.25) is 4.90 Å². The summed E-state index contributed by atoms with van der Waals surface area (Å²) >= 11 is 0. The highest BCUT2D eigenvalue weighted by atomic mass is 16.5. The first-order chi connectivity index (χ1) is 10.6. The minimum atomic E-state index is 0. The van der Waals surface area contributed by atoms with E-state index in [-0.39, 0.29) is 7.43 Å². The van der Waals surface area contributed by atoms with Gasteiger partial charge in [0.25, 0.3) is 0 Å². The van der Waals surface area contributed by atoms with Crippen molar-refractivity contribution in [2.24, 2.45) is 10.8 Å². The number of piperazine rings is 1. The van der Waals surface area contributed by atoms with E-state index < -0.39 is 0 Å². The van der Waals surface area contributed by atoms with Crippen LogP contribution in [0, 0.1) is 10.8 Å². The molecule has 0 amide bonds. The van der Waals surface area contributed by atoms with E-state index in [0.717, 1.165) is 26.3 Å². The van der Waals surface area contributed by atoms with Gasteiger partial charge in [-0.15, -0.1) is 0 Å². The second kappa shape index (κ2) is 10.7. The topological polar surface area (TPSA) is 19.0 Å². The fraction of sp³-hybridized carbons (Fsp3) is 1.00. The molecule has 0 saturated carbocycles. The van der Waals surface area contributed by atoms with Crippen molar-refractivity contribution in [3.63, 3.8) is 0 Å². The van der Waals surface area contributed by atoms with Crippen LogP contribution in [0.5, 0.6) is 0 Å². The Bertz CT molecular complexity index is 306. The van der Waals surface area contributed by atoms with Gasteiger partial charge in [0.05, 0.1) is 13.2 Å². The van der Waals surface area contributed by atoms with Gasteiger partial charge in [0.1, 0.15) is 0 Å². The highest BCUT2D eigenvalue weighted by Crippen LogP contribution is 2.16. The van der Waals surface area contributed by atoms with Crippen molar-refractivity contribution in [2.45, 2.75) is 49.0 Å². The second-order valence-corrected chi connectivity index (χ2v) is 9.59. The van der Waals surface area contributed by atoms with Gasteiger partial charge in [-0.1, -0.05) is 49.0 Å². The van der Waals surface area contributed by atoms with E-state index in [1.54, 1.807) is 0 Å². The summed E-state index contributed by atoms with van der Waals surface area (Å²) in [6.07, 6.45) is 0. The molecule has 0 unspecified atom stereocenters. The van der Waals surface area contributed by atoms with Gasteiger partial charge in [-0.05, 0) is 17.9 Å². The van der Waals surface area contributed by atoms with Crippen LogP contribution in [0.4, 0.5) is 0 Å². The van der Waals surface area contributed by atoms with Crippen LogP contribution < -0.4 is 0 Å². The average Bonchev–Trinajstić information content (AvgIpc) is 2.40. The largest absolute Gasteiger partial charge is 0.379 e. The first-order valence-corrected chi connectivity index (χ1v) is 9.26. The van der Waals surface area contributed by atoms with Gasteiger partial charge in [-0.25, -0.2) is 0 Å². The predicted molar refractivity (Wildman–Crippen MR) is 107 cm³/mol. The first kappa shape index (κ1) is 23.8. The van der Waals surface area contributed by atoms with Crippen LogP contribution in [0.3, 0.4) is 0 Å². The van der Waals surface area contributed by atoms with Crippen molar-refractivity contribution >= 4 is 0 Å². The Morgan fingerprint density at radius 1 is 0.667 bits per heavy atom. The Kier molecular flexibility index (Phi) is 10.7. The van der Waals surface area contributed by atoms with Gasteiger partial charge in [0.15, 0.2) is 0 Å². The third kappa shape index (κ3) is 12.2. The molecule has 4 heteroatoms. The number of morpholine rings is 1. The van der Waals surface area contributed by atoms with Crippen molar-refractivity contribution in [3.05, 3.63) is 0 Å². The summed E-state index contributed by atoms with van der Waals surface area (Å²) < 4.78 is 5.27. The summed E-state index contributed by atoms with van der Waals surface area (Å²) in [4.78, 5) is 7.45. The Morgan fingerprint density at radius 3 is 1.42 bits per heavy atom. The lowest BCUT2D eigenvalue weighted by atomic mass is 9.96. The van der Waals surface area contributed by atoms with Gasteiger partial charge < -0.3 is 14.5 Å². The molecule has 0 radical (unpaired) electrons. The number of hydrogen-bond donors (Lipinski definition) is 0. The van der Waals surface area contributed by atoms with Gasteiger partial charge in [0.2, 0.25) is 0 Å². The van der Waals surface area contributed by atoms with Gasteiger partial charge in [-0.2, -0.15) is 0 Å². The summed E-state index contributed by atoms with van der Waals surface area (Å²) in [5.74, 6) is 0. The molecule has 0 aliphatic carbocycles. The molecule has 24 heavy (non-hydrogen) atoms. The quantitative estimate of drug-likeness (QED) is 0.766. The zero-order chi connectivity index (χ0) is 17.5. The molecular formula is C20H45N3O. The van der Waals surface area contributed by atoms with E-state index in [2.05, 4.69) is 63.3 Å². The van der Waals surface area contributed by atoms with Crippen LogP contribution in [0.25, 0.3) is 0 Å². The van der Waals surface area contributed by atoms with Crippen molar-refractivity contribution in [3.8, 4) is 0 Å². The molecule has 2 aliphatic rings. The monoisotopic (exact) mass is 343 g/mol. The lowest BCUT2D eigenvalue weighted by molar-refractivity contribution is 0.0236.